The Balaban J connectivity index is 2.09. The molecule has 1 amide bonds. The summed E-state index contributed by atoms with van der Waals surface area (Å²) < 4.78 is 0.930. The second-order valence-electron chi connectivity index (χ2n) is 4.93. The fourth-order valence-corrected chi connectivity index (χ4v) is 2.96. The minimum atomic E-state index is 0.0974. The molecule has 0 atom stereocenters. The van der Waals surface area contributed by atoms with Crippen molar-refractivity contribution in [2.45, 2.75) is 19.8 Å². The van der Waals surface area contributed by atoms with Gasteiger partial charge in [-0.25, -0.2) is 0 Å². The van der Waals surface area contributed by atoms with Crippen LogP contribution in [0.2, 0.25) is 0 Å². The lowest BCUT2D eigenvalue weighted by atomic mass is 9.96. The van der Waals surface area contributed by atoms with E-state index in [1.807, 2.05) is 30.0 Å². The van der Waals surface area contributed by atoms with Gasteiger partial charge >= 0.3 is 0 Å². The third-order valence-electron chi connectivity index (χ3n) is 3.61. The summed E-state index contributed by atoms with van der Waals surface area (Å²) in [6.07, 6.45) is 1.74. The first kappa shape index (κ1) is 14.5. The van der Waals surface area contributed by atoms with Crippen LogP contribution in [0.4, 0.5) is 0 Å². The molecule has 2 rings (SSSR count). The van der Waals surface area contributed by atoms with Crippen molar-refractivity contribution in [3.63, 3.8) is 0 Å². The maximum atomic E-state index is 12.5. The fourth-order valence-electron chi connectivity index (χ4n) is 2.36. The van der Waals surface area contributed by atoms with Gasteiger partial charge in [0.15, 0.2) is 0 Å². The maximum Gasteiger partial charge on any atom is 0.254 e. The SMILES string of the molecule is Cc1ccc(Br)cc1C(=O)N1CCC(C(N)=S)CC1. The topological polar surface area (TPSA) is 46.3 Å². The van der Waals surface area contributed by atoms with Crippen molar-refractivity contribution < 1.29 is 4.79 Å². The second kappa shape index (κ2) is 6.01. The van der Waals surface area contributed by atoms with E-state index in [0.29, 0.717) is 4.99 Å². The number of carbonyl (C=O) groups is 1. The Labute approximate surface area is 127 Å². The molecule has 102 valence electrons. The zero-order valence-corrected chi connectivity index (χ0v) is 13.3. The smallest absolute Gasteiger partial charge is 0.254 e. The molecule has 5 heteroatoms. The van der Waals surface area contributed by atoms with Crippen LogP contribution in [0.1, 0.15) is 28.8 Å². The van der Waals surface area contributed by atoms with Gasteiger partial charge in [0.05, 0.1) is 4.99 Å². The monoisotopic (exact) mass is 340 g/mol. The van der Waals surface area contributed by atoms with Crippen molar-refractivity contribution >= 4 is 39.0 Å². The number of rotatable bonds is 2. The van der Waals surface area contributed by atoms with Gasteiger partial charge in [-0.1, -0.05) is 34.2 Å². The quantitative estimate of drug-likeness (QED) is 0.842. The molecule has 0 spiro atoms. The Bertz CT molecular complexity index is 510. The van der Waals surface area contributed by atoms with Crippen molar-refractivity contribution in [3.05, 3.63) is 33.8 Å². The highest BCUT2D eigenvalue weighted by Crippen LogP contribution is 2.22. The molecule has 1 aromatic rings. The van der Waals surface area contributed by atoms with Crippen molar-refractivity contribution in [3.8, 4) is 0 Å². The number of carbonyl (C=O) groups excluding carboxylic acids is 1. The summed E-state index contributed by atoms with van der Waals surface area (Å²) in [6, 6.07) is 5.79. The average Bonchev–Trinajstić information content (AvgIpc) is 2.41. The lowest BCUT2D eigenvalue weighted by Crippen LogP contribution is -2.41. The highest BCUT2D eigenvalue weighted by atomic mass is 79.9. The molecular weight excluding hydrogens is 324 g/mol. The van der Waals surface area contributed by atoms with Crippen LogP contribution in [-0.4, -0.2) is 28.9 Å². The second-order valence-corrected chi connectivity index (χ2v) is 6.32. The zero-order chi connectivity index (χ0) is 14.0. The Kier molecular flexibility index (Phi) is 4.58. The van der Waals surface area contributed by atoms with E-state index in [9.17, 15) is 4.79 Å². The van der Waals surface area contributed by atoms with Crippen LogP contribution in [0.15, 0.2) is 22.7 Å². The molecule has 0 aromatic heterocycles. The van der Waals surface area contributed by atoms with Crippen LogP contribution in [-0.2, 0) is 0 Å². The number of likely N-dealkylation sites (tertiary alicyclic amines) is 1. The molecule has 1 saturated heterocycles. The minimum Gasteiger partial charge on any atom is -0.393 e. The molecule has 0 bridgehead atoms. The van der Waals surface area contributed by atoms with Gasteiger partial charge in [-0.2, -0.15) is 0 Å². The fraction of sp³-hybridized carbons (Fsp3) is 0.429. The van der Waals surface area contributed by atoms with Gasteiger partial charge < -0.3 is 10.6 Å². The molecule has 0 saturated carbocycles. The first-order chi connectivity index (χ1) is 8.99. The van der Waals surface area contributed by atoms with Crippen molar-refractivity contribution in [2.75, 3.05) is 13.1 Å². The summed E-state index contributed by atoms with van der Waals surface area (Å²) in [5, 5.41) is 0. The number of thiocarbonyl (C=S) groups is 1. The lowest BCUT2D eigenvalue weighted by molar-refractivity contribution is 0.0709. The molecule has 1 fully saturated rings. The van der Waals surface area contributed by atoms with Crippen LogP contribution in [0.3, 0.4) is 0 Å². The molecule has 0 radical (unpaired) electrons. The summed E-state index contributed by atoms with van der Waals surface area (Å²) >= 11 is 8.43. The average molecular weight is 341 g/mol. The summed E-state index contributed by atoms with van der Waals surface area (Å²) in [5.74, 6) is 0.378. The maximum absolute atomic E-state index is 12.5. The zero-order valence-electron chi connectivity index (χ0n) is 10.9. The highest BCUT2D eigenvalue weighted by molar-refractivity contribution is 9.10. The summed E-state index contributed by atoms with van der Waals surface area (Å²) in [4.78, 5) is 15.0. The number of amides is 1. The van der Waals surface area contributed by atoms with E-state index < -0.39 is 0 Å². The van der Waals surface area contributed by atoms with Crippen LogP contribution >= 0.6 is 28.1 Å². The molecule has 1 aliphatic heterocycles. The number of nitrogens with two attached hydrogens (primary N) is 1. The molecular formula is C14H17BrN2OS. The van der Waals surface area contributed by atoms with Gasteiger partial charge in [0.1, 0.15) is 0 Å². The van der Waals surface area contributed by atoms with Crippen molar-refractivity contribution in [2.24, 2.45) is 11.7 Å². The van der Waals surface area contributed by atoms with E-state index in [-0.39, 0.29) is 11.8 Å². The van der Waals surface area contributed by atoms with E-state index in [1.165, 1.54) is 0 Å². The van der Waals surface area contributed by atoms with Gasteiger partial charge in [0, 0.05) is 29.0 Å². The predicted octanol–water partition coefficient (Wildman–Crippen LogP) is 2.90. The van der Waals surface area contributed by atoms with Crippen LogP contribution < -0.4 is 5.73 Å². The van der Waals surface area contributed by atoms with E-state index in [0.717, 1.165) is 41.5 Å². The molecule has 2 N–H and O–H groups in total. The normalized spacial score (nSPS) is 16.4. The van der Waals surface area contributed by atoms with E-state index in [4.69, 9.17) is 18.0 Å². The highest BCUT2D eigenvalue weighted by Gasteiger charge is 2.25. The molecule has 3 nitrogen and oxygen atoms in total. The lowest BCUT2D eigenvalue weighted by Gasteiger charge is -2.31. The summed E-state index contributed by atoms with van der Waals surface area (Å²) in [5.41, 5.74) is 7.44. The summed E-state index contributed by atoms with van der Waals surface area (Å²) in [7, 11) is 0. The number of hydrogen-bond donors (Lipinski definition) is 1. The van der Waals surface area contributed by atoms with Crippen LogP contribution in [0, 0.1) is 12.8 Å². The minimum absolute atomic E-state index is 0.0974. The molecule has 19 heavy (non-hydrogen) atoms. The first-order valence-electron chi connectivity index (χ1n) is 6.34. The number of nitrogens with zero attached hydrogens (tertiary/aromatic N) is 1. The van der Waals surface area contributed by atoms with Gasteiger partial charge in [-0.05, 0) is 37.5 Å². The number of halogens is 1. The van der Waals surface area contributed by atoms with Gasteiger partial charge in [0.2, 0.25) is 0 Å². The van der Waals surface area contributed by atoms with E-state index >= 15 is 0 Å². The van der Waals surface area contributed by atoms with Crippen molar-refractivity contribution in [1.29, 1.82) is 0 Å². The number of aryl methyl sites for hydroxylation is 1. The molecule has 1 aliphatic rings. The number of benzene rings is 1. The molecule has 1 heterocycles. The Hall–Kier alpha value is -0.940. The van der Waals surface area contributed by atoms with Gasteiger partial charge in [-0.3, -0.25) is 4.79 Å². The first-order valence-corrected chi connectivity index (χ1v) is 7.54. The molecule has 0 aliphatic carbocycles. The molecule has 0 unspecified atom stereocenters. The Morgan fingerprint density at radius 3 is 2.63 bits per heavy atom. The Morgan fingerprint density at radius 1 is 1.42 bits per heavy atom. The van der Waals surface area contributed by atoms with Gasteiger partial charge in [-0.15, -0.1) is 0 Å². The van der Waals surface area contributed by atoms with E-state index in [1.54, 1.807) is 0 Å². The van der Waals surface area contributed by atoms with Crippen molar-refractivity contribution in [1.82, 2.24) is 4.90 Å². The third-order valence-corrected chi connectivity index (χ3v) is 4.44. The third kappa shape index (κ3) is 3.34. The summed E-state index contributed by atoms with van der Waals surface area (Å²) in [6.45, 7) is 3.42. The van der Waals surface area contributed by atoms with Crippen LogP contribution in [0.25, 0.3) is 0 Å². The van der Waals surface area contributed by atoms with Gasteiger partial charge in [0.25, 0.3) is 5.91 Å². The predicted molar refractivity (Wildman–Crippen MR) is 84.3 cm³/mol. The standard InChI is InChI=1S/C14H17BrN2OS/c1-9-2-3-11(15)8-12(9)14(18)17-6-4-10(5-7-17)13(16)19/h2-3,8,10H,4-7H2,1H3,(H2,16,19). The molecule has 1 aromatic carbocycles. The number of piperidine rings is 1. The van der Waals surface area contributed by atoms with E-state index in [2.05, 4.69) is 15.9 Å². The van der Waals surface area contributed by atoms with Crippen LogP contribution in [0.5, 0.6) is 0 Å². The number of hydrogen-bond acceptors (Lipinski definition) is 2. The largest absolute Gasteiger partial charge is 0.393 e. The Morgan fingerprint density at radius 2 is 2.05 bits per heavy atom.